The van der Waals surface area contributed by atoms with Gasteiger partial charge in [-0.25, -0.2) is 4.99 Å². The van der Waals surface area contributed by atoms with Crippen molar-refractivity contribution in [1.29, 1.82) is 0 Å². The third-order valence-corrected chi connectivity index (χ3v) is 1.29. The summed E-state index contributed by atoms with van der Waals surface area (Å²) >= 11 is 0. The zero-order chi connectivity index (χ0) is 10.4. The molecule has 76 valence electrons. The van der Waals surface area contributed by atoms with E-state index in [9.17, 15) is 4.79 Å². The lowest BCUT2D eigenvalue weighted by atomic mass is 10.2. The van der Waals surface area contributed by atoms with Gasteiger partial charge in [-0.15, -0.1) is 0 Å². The quantitative estimate of drug-likeness (QED) is 0.410. The van der Waals surface area contributed by atoms with Gasteiger partial charge >= 0.3 is 0 Å². The predicted molar refractivity (Wildman–Crippen MR) is 53.2 cm³/mol. The van der Waals surface area contributed by atoms with Crippen molar-refractivity contribution in [2.75, 3.05) is 0 Å². The lowest BCUT2D eigenvalue weighted by Gasteiger charge is -2.10. The number of carbonyl (C=O) groups is 1. The van der Waals surface area contributed by atoms with Crippen LogP contribution in [0.1, 0.15) is 27.2 Å². The Hall–Kier alpha value is -1.26. The van der Waals surface area contributed by atoms with E-state index in [1.807, 2.05) is 13.8 Å². The molecule has 0 aromatic carbocycles. The topological polar surface area (TPSA) is 93.5 Å². The fraction of sp³-hybridized carbons (Fsp3) is 0.750. The van der Waals surface area contributed by atoms with Gasteiger partial charge < -0.3 is 16.8 Å². The number of carbonyl (C=O) groups excluding carboxylic acids is 1. The van der Waals surface area contributed by atoms with Gasteiger partial charge in [-0.3, -0.25) is 4.79 Å². The molecule has 5 nitrogen and oxygen atoms in total. The predicted octanol–water partition coefficient (Wildman–Crippen LogP) is -0.437. The standard InChI is InChI=1S/C8H18N4O/c1-5(2)11-8(10)12-6(3)4-7(9)13/h5-6H,4H2,1-3H3,(H2,9,13)(H3,10,11,12). The summed E-state index contributed by atoms with van der Waals surface area (Å²) in [5, 5.41) is 2.92. The highest BCUT2D eigenvalue weighted by Gasteiger charge is 2.04. The Morgan fingerprint density at radius 2 is 1.92 bits per heavy atom. The smallest absolute Gasteiger partial charge is 0.219 e. The summed E-state index contributed by atoms with van der Waals surface area (Å²) < 4.78 is 0. The number of amides is 1. The summed E-state index contributed by atoms with van der Waals surface area (Å²) in [5.74, 6) is -0.0163. The van der Waals surface area contributed by atoms with Crippen LogP contribution in [-0.4, -0.2) is 24.0 Å². The van der Waals surface area contributed by atoms with Crippen molar-refractivity contribution in [3.8, 4) is 0 Å². The Kier molecular flexibility index (Phi) is 4.87. The van der Waals surface area contributed by atoms with Crippen LogP contribution < -0.4 is 16.8 Å². The number of primary amides is 1. The van der Waals surface area contributed by atoms with Crippen molar-refractivity contribution in [2.24, 2.45) is 16.5 Å². The fourth-order valence-corrected chi connectivity index (χ4v) is 0.907. The molecule has 5 heteroatoms. The molecule has 0 heterocycles. The van der Waals surface area contributed by atoms with Gasteiger partial charge in [0.1, 0.15) is 0 Å². The maximum absolute atomic E-state index is 10.5. The lowest BCUT2D eigenvalue weighted by Crippen LogP contribution is -2.37. The van der Waals surface area contributed by atoms with E-state index in [4.69, 9.17) is 11.5 Å². The zero-order valence-corrected chi connectivity index (χ0v) is 8.37. The first kappa shape index (κ1) is 11.7. The van der Waals surface area contributed by atoms with Gasteiger partial charge in [0.15, 0.2) is 5.96 Å². The van der Waals surface area contributed by atoms with E-state index in [0.29, 0.717) is 5.96 Å². The van der Waals surface area contributed by atoms with Gasteiger partial charge in [-0.05, 0) is 20.8 Å². The van der Waals surface area contributed by atoms with E-state index in [0.717, 1.165) is 0 Å². The molecule has 0 rings (SSSR count). The highest BCUT2D eigenvalue weighted by molar-refractivity contribution is 5.79. The van der Waals surface area contributed by atoms with Crippen molar-refractivity contribution in [1.82, 2.24) is 5.32 Å². The highest BCUT2D eigenvalue weighted by Crippen LogP contribution is 1.94. The molecule has 0 saturated carbocycles. The second-order valence-corrected chi connectivity index (χ2v) is 3.33. The summed E-state index contributed by atoms with van der Waals surface area (Å²) in [6, 6.07) is 0.0771. The van der Waals surface area contributed by atoms with Crippen molar-refractivity contribution in [3.05, 3.63) is 0 Å². The molecule has 0 radical (unpaired) electrons. The molecule has 0 aliphatic rings. The molecule has 0 bridgehead atoms. The summed E-state index contributed by atoms with van der Waals surface area (Å²) in [6.45, 7) is 5.71. The van der Waals surface area contributed by atoms with Gasteiger partial charge in [0.05, 0.1) is 6.04 Å². The number of guanidine groups is 1. The first-order chi connectivity index (χ1) is 5.91. The summed E-state index contributed by atoms with van der Waals surface area (Å²) in [6.07, 6.45) is 0.223. The zero-order valence-electron chi connectivity index (χ0n) is 8.37. The number of nitrogens with one attached hydrogen (secondary N) is 1. The summed E-state index contributed by atoms with van der Waals surface area (Å²) in [5.41, 5.74) is 10.5. The molecule has 13 heavy (non-hydrogen) atoms. The average Bonchev–Trinajstić information content (AvgIpc) is 1.80. The van der Waals surface area contributed by atoms with Gasteiger partial charge in [0, 0.05) is 12.5 Å². The van der Waals surface area contributed by atoms with Crippen LogP contribution in [0.25, 0.3) is 0 Å². The number of nitrogens with zero attached hydrogens (tertiary/aromatic N) is 1. The van der Waals surface area contributed by atoms with E-state index in [1.165, 1.54) is 0 Å². The number of hydrogen-bond acceptors (Lipinski definition) is 2. The maximum Gasteiger partial charge on any atom is 0.219 e. The molecule has 0 aromatic heterocycles. The fourth-order valence-electron chi connectivity index (χ4n) is 0.907. The van der Waals surface area contributed by atoms with Crippen molar-refractivity contribution < 1.29 is 4.79 Å². The minimum atomic E-state index is -0.367. The molecular weight excluding hydrogens is 168 g/mol. The minimum absolute atomic E-state index is 0.163. The number of hydrogen-bond donors (Lipinski definition) is 3. The van der Waals surface area contributed by atoms with Gasteiger partial charge in [0.2, 0.25) is 5.91 Å². The molecule has 1 unspecified atom stereocenters. The van der Waals surface area contributed by atoms with E-state index in [-0.39, 0.29) is 24.4 Å². The maximum atomic E-state index is 10.5. The first-order valence-corrected chi connectivity index (χ1v) is 4.30. The average molecular weight is 186 g/mol. The lowest BCUT2D eigenvalue weighted by molar-refractivity contribution is -0.118. The van der Waals surface area contributed by atoms with Gasteiger partial charge in [-0.2, -0.15) is 0 Å². The monoisotopic (exact) mass is 186 g/mol. The van der Waals surface area contributed by atoms with Crippen LogP contribution in [0.15, 0.2) is 4.99 Å². The van der Waals surface area contributed by atoms with Crippen LogP contribution >= 0.6 is 0 Å². The molecule has 0 aliphatic carbocycles. The van der Waals surface area contributed by atoms with Gasteiger partial charge in [-0.1, -0.05) is 0 Å². The van der Waals surface area contributed by atoms with Crippen LogP contribution in [0, 0.1) is 0 Å². The van der Waals surface area contributed by atoms with Crippen LogP contribution in [0.3, 0.4) is 0 Å². The third kappa shape index (κ3) is 7.11. The SMILES string of the molecule is CC(CC(N)=O)N=C(N)NC(C)C. The van der Waals surface area contributed by atoms with E-state index in [1.54, 1.807) is 6.92 Å². The molecule has 0 saturated heterocycles. The molecule has 1 atom stereocenters. The number of aliphatic imine (C=N–C) groups is 1. The van der Waals surface area contributed by atoms with Crippen LogP contribution in [-0.2, 0) is 4.79 Å². The van der Waals surface area contributed by atoms with Crippen LogP contribution in [0.5, 0.6) is 0 Å². The Balaban J connectivity index is 3.98. The van der Waals surface area contributed by atoms with Crippen molar-refractivity contribution >= 4 is 11.9 Å². The second-order valence-electron chi connectivity index (χ2n) is 3.33. The molecule has 0 aromatic rings. The van der Waals surface area contributed by atoms with Crippen molar-refractivity contribution in [2.45, 2.75) is 39.3 Å². The minimum Gasteiger partial charge on any atom is -0.370 e. The molecule has 0 fully saturated rings. The van der Waals surface area contributed by atoms with Crippen LogP contribution in [0.2, 0.25) is 0 Å². The Bertz CT molecular complexity index is 200. The molecule has 0 aliphatic heterocycles. The molecular formula is C8H18N4O. The molecule has 0 spiro atoms. The molecule has 1 amide bonds. The Morgan fingerprint density at radius 1 is 1.38 bits per heavy atom. The molecule has 5 N–H and O–H groups in total. The summed E-state index contributed by atoms with van der Waals surface area (Å²) in [7, 11) is 0. The second kappa shape index (κ2) is 5.40. The first-order valence-electron chi connectivity index (χ1n) is 4.30. The highest BCUT2D eigenvalue weighted by atomic mass is 16.1. The van der Waals surface area contributed by atoms with Crippen molar-refractivity contribution in [3.63, 3.8) is 0 Å². The Labute approximate surface area is 78.6 Å². The van der Waals surface area contributed by atoms with E-state index in [2.05, 4.69) is 10.3 Å². The van der Waals surface area contributed by atoms with Crippen LogP contribution in [0.4, 0.5) is 0 Å². The largest absolute Gasteiger partial charge is 0.370 e. The normalized spacial score (nSPS) is 14.3. The number of nitrogens with two attached hydrogens (primary N) is 2. The van der Waals surface area contributed by atoms with E-state index >= 15 is 0 Å². The third-order valence-electron chi connectivity index (χ3n) is 1.29. The summed E-state index contributed by atoms with van der Waals surface area (Å²) in [4.78, 5) is 14.5. The van der Waals surface area contributed by atoms with E-state index < -0.39 is 0 Å². The van der Waals surface area contributed by atoms with Gasteiger partial charge in [0.25, 0.3) is 0 Å². The Morgan fingerprint density at radius 3 is 2.31 bits per heavy atom. The number of rotatable bonds is 4.